The van der Waals surface area contributed by atoms with Crippen LogP contribution in [-0.4, -0.2) is 11.3 Å². The van der Waals surface area contributed by atoms with Gasteiger partial charge < -0.3 is 0 Å². The molecule has 0 atom stereocenters. The summed E-state index contributed by atoms with van der Waals surface area (Å²) < 4.78 is 0. The van der Waals surface area contributed by atoms with Gasteiger partial charge in [-0.25, -0.2) is 4.99 Å². The Morgan fingerprint density at radius 3 is 2.41 bits per heavy atom. The van der Waals surface area contributed by atoms with Gasteiger partial charge in [-0.3, -0.25) is 0 Å². The number of rotatable bonds is 2. The van der Waals surface area contributed by atoms with Crippen molar-refractivity contribution in [3.63, 3.8) is 0 Å². The third-order valence-electron chi connectivity index (χ3n) is 1.93. The lowest BCUT2D eigenvalue weighted by molar-refractivity contribution is 0.545. The number of hydrogen-bond donors (Lipinski definition) is 0. The molecule has 0 aromatic heterocycles. The first-order valence-electron chi connectivity index (χ1n) is 5.62. The third-order valence-corrected chi connectivity index (χ3v) is 2.56. The van der Waals surface area contributed by atoms with Gasteiger partial charge in [0.2, 0.25) is 0 Å². The number of benzene rings is 1. The summed E-state index contributed by atoms with van der Waals surface area (Å²) in [5.74, 6) is 0. The van der Waals surface area contributed by atoms with Crippen LogP contribution in [0.4, 0.5) is 5.69 Å². The first-order valence-corrected chi connectivity index (χ1v) is 6.85. The highest BCUT2D eigenvalue weighted by Crippen LogP contribution is 2.15. The van der Waals surface area contributed by atoms with Crippen LogP contribution in [0.25, 0.3) is 0 Å². The molecule has 1 aromatic carbocycles. The topological polar surface area (TPSA) is 12.4 Å². The monoisotopic (exact) mass is 245 g/mol. The number of thioether (sulfide) groups is 1. The molecule has 90 valence electrons. The van der Waals surface area contributed by atoms with Crippen LogP contribution in [0.1, 0.15) is 20.8 Å². The summed E-state index contributed by atoms with van der Waals surface area (Å²) in [5.41, 5.74) is 4.33. The molecule has 0 heterocycles. The van der Waals surface area contributed by atoms with Gasteiger partial charge in [0.05, 0.1) is 5.69 Å². The normalized spacial score (nSPS) is 11.9. The maximum absolute atomic E-state index is 4.54. The zero-order valence-electron chi connectivity index (χ0n) is 10.9. The van der Waals surface area contributed by atoms with Crippen LogP contribution < -0.4 is 0 Å². The molecule has 0 aliphatic carbocycles. The maximum atomic E-state index is 4.54. The fraction of sp³-hybridized carbons (Fsp3) is 0.333. The summed E-state index contributed by atoms with van der Waals surface area (Å²) in [7, 11) is 0. The fourth-order valence-corrected chi connectivity index (χ4v) is 1.51. The minimum Gasteiger partial charge on any atom is -0.241 e. The van der Waals surface area contributed by atoms with Crippen LogP contribution >= 0.6 is 11.8 Å². The van der Waals surface area contributed by atoms with Gasteiger partial charge in [0, 0.05) is 6.08 Å². The molecule has 0 aliphatic heterocycles. The smallest absolute Gasteiger partial charge is 0.104 e. The first-order chi connectivity index (χ1) is 8.01. The highest BCUT2D eigenvalue weighted by atomic mass is 32.2. The SMILES string of the molecule is CSC(C=C=CC(C)(C)C)=Nc1ccccc1. The van der Waals surface area contributed by atoms with E-state index in [0.717, 1.165) is 10.7 Å². The van der Waals surface area contributed by atoms with E-state index in [1.807, 2.05) is 42.7 Å². The number of nitrogens with zero attached hydrogens (tertiary/aromatic N) is 1. The minimum atomic E-state index is 0.159. The van der Waals surface area contributed by atoms with E-state index in [2.05, 4.69) is 37.6 Å². The Bertz CT molecular complexity index is 432. The van der Waals surface area contributed by atoms with Crippen LogP contribution in [-0.2, 0) is 0 Å². The third kappa shape index (κ3) is 6.15. The minimum absolute atomic E-state index is 0.159. The molecular weight excluding hydrogens is 226 g/mol. The Kier molecular flexibility index (Phi) is 5.27. The second-order valence-corrected chi connectivity index (χ2v) is 5.64. The zero-order valence-corrected chi connectivity index (χ0v) is 11.7. The molecule has 0 unspecified atom stereocenters. The van der Waals surface area contributed by atoms with Crippen LogP contribution in [0.15, 0.2) is 53.2 Å². The predicted molar refractivity (Wildman–Crippen MR) is 79.2 cm³/mol. The molecule has 0 aliphatic rings. The van der Waals surface area contributed by atoms with Crippen molar-refractivity contribution in [1.29, 1.82) is 0 Å². The Labute approximate surface area is 108 Å². The summed E-state index contributed by atoms with van der Waals surface area (Å²) in [6.45, 7) is 6.46. The van der Waals surface area contributed by atoms with Gasteiger partial charge in [0.25, 0.3) is 0 Å². The van der Waals surface area contributed by atoms with Crippen molar-refractivity contribution in [3.05, 3.63) is 48.2 Å². The van der Waals surface area contributed by atoms with E-state index in [-0.39, 0.29) is 5.41 Å². The van der Waals surface area contributed by atoms with Gasteiger partial charge in [-0.15, -0.1) is 17.5 Å². The van der Waals surface area contributed by atoms with Crippen LogP contribution in [0.3, 0.4) is 0 Å². The molecule has 0 saturated heterocycles. The van der Waals surface area contributed by atoms with Crippen molar-refractivity contribution >= 4 is 22.5 Å². The molecule has 1 aromatic rings. The van der Waals surface area contributed by atoms with Crippen molar-refractivity contribution in [1.82, 2.24) is 0 Å². The molecule has 0 amide bonds. The quantitative estimate of drug-likeness (QED) is 0.413. The van der Waals surface area contributed by atoms with Crippen LogP contribution in [0.2, 0.25) is 0 Å². The summed E-state index contributed by atoms with van der Waals surface area (Å²) in [5, 5.41) is 0.969. The molecular formula is C15H19NS. The average Bonchev–Trinajstić information content (AvgIpc) is 2.27. The maximum Gasteiger partial charge on any atom is 0.104 e. The highest BCUT2D eigenvalue weighted by molar-refractivity contribution is 8.13. The van der Waals surface area contributed by atoms with Gasteiger partial charge in [-0.2, -0.15) is 0 Å². The molecule has 0 N–H and O–H groups in total. The number of hydrogen-bond acceptors (Lipinski definition) is 2. The van der Waals surface area contributed by atoms with E-state index in [0.29, 0.717) is 0 Å². The Hall–Kier alpha value is -1.24. The molecule has 17 heavy (non-hydrogen) atoms. The van der Waals surface area contributed by atoms with Crippen molar-refractivity contribution in [3.8, 4) is 0 Å². The number of para-hydroxylation sites is 1. The van der Waals surface area contributed by atoms with E-state index in [9.17, 15) is 0 Å². The van der Waals surface area contributed by atoms with Gasteiger partial charge >= 0.3 is 0 Å². The molecule has 0 fully saturated rings. The predicted octanol–water partition coefficient (Wildman–Crippen LogP) is 4.84. The lowest BCUT2D eigenvalue weighted by Crippen LogP contribution is -1.97. The highest BCUT2D eigenvalue weighted by Gasteiger charge is 2.02. The van der Waals surface area contributed by atoms with E-state index in [1.54, 1.807) is 11.8 Å². The van der Waals surface area contributed by atoms with Gasteiger partial charge in [0.1, 0.15) is 5.04 Å². The van der Waals surface area contributed by atoms with Gasteiger partial charge in [-0.1, -0.05) is 39.0 Å². The van der Waals surface area contributed by atoms with E-state index < -0.39 is 0 Å². The zero-order chi connectivity index (χ0) is 12.7. The summed E-state index contributed by atoms with van der Waals surface area (Å²) in [4.78, 5) is 4.54. The van der Waals surface area contributed by atoms with Crippen molar-refractivity contribution < 1.29 is 0 Å². The Balaban J connectivity index is 2.87. The molecule has 0 saturated carbocycles. The number of aliphatic imine (C=N–C) groups is 1. The molecule has 0 spiro atoms. The van der Waals surface area contributed by atoms with E-state index >= 15 is 0 Å². The lowest BCUT2D eigenvalue weighted by atomic mass is 9.97. The lowest BCUT2D eigenvalue weighted by Gasteiger charge is -2.08. The van der Waals surface area contributed by atoms with Crippen molar-refractivity contribution in [2.24, 2.45) is 10.4 Å². The summed E-state index contributed by atoms with van der Waals surface area (Å²) in [6, 6.07) is 9.97. The van der Waals surface area contributed by atoms with Gasteiger partial charge in [0.15, 0.2) is 0 Å². The standard InChI is InChI=1S/C15H19NS/c1-15(2,3)12-8-11-14(17-4)16-13-9-6-5-7-10-13/h5-7,9-12H,1-4H3. The molecule has 0 radical (unpaired) electrons. The molecule has 2 heteroatoms. The first kappa shape index (κ1) is 13.8. The second kappa shape index (κ2) is 6.48. The fourth-order valence-electron chi connectivity index (χ4n) is 1.13. The molecule has 0 bridgehead atoms. The molecule has 1 rings (SSSR count). The van der Waals surface area contributed by atoms with Gasteiger partial charge in [-0.05, 0) is 29.9 Å². The van der Waals surface area contributed by atoms with Crippen molar-refractivity contribution in [2.45, 2.75) is 20.8 Å². The van der Waals surface area contributed by atoms with E-state index in [4.69, 9.17) is 0 Å². The second-order valence-electron chi connectivity index (χ2n) is 4.81. The molecule has 1 nitrogen and oxygen atoms in total. The Morgan fingerprint density at radius 2 is 1.88 bits per heavy atom. The Morgan fingerprint density at radius 1 is 1.24 bits per heavy atom. The summed E-state index contributed by atoms with van der Waals surface area (Å²) >= 11 is 1.63. The summed E-state index contributed by atoms with van der Waals surface area (Å²) in [6.07, 6.45) is 6.02. The van der Waals surface area contributed by atoms with Crippen molar-refractivity contribution in [2.75, 3.05) is 6.26 Å². The van der Waals surface area contributed by atoms with E-state index in [1.165, 1.54) is 0 Å². The largest absolute Gasteiger partial charge is 0.241 e. The van der Waals surface area contributed by atoms with Crippen LogP contribution in [0, 0.1) is 5.41 Å². The average molecular weight is 245 g/mol. The van der Waals surface area contributed by atoms with Crippen LogP contribution in [0.5, 0.6) is 0 Å².